The van der Waals surface area contributed by atoms with Crippen molar-refractivity contribution in [2.24, 2.45) is 17.8 Å². The van der Waals surface area contributed by atoms with E-state index < -0.39 is 0 Å². The lowest BCUT2D eigenvalue weighted by atomic mass is 9.88. The second kappa shape index (κ2) is 12.9. The molecular formula is C29H44N4O4. The van der Waals surface area contributed by atoms with Crippen LogP contribution in [0.3, 0.4) is 0 Å². The highest BCUT2D eigenvalue weighted by Gasteiger charge is 2.39. The van der Waals surface area contributed by atoms with Crippen molar-refractivity contribution < 1.29 is 19.4 Å². The number of piperidine rings is 1. The molecule has 1 aromatic heterocycles. The van der Waals surface area contributed by atoms with Crippen LogP contribution in [0.1, 0.15) is 51.5 Å². The van der Waals surface area contributed by atoms with Crippen LogP contribution in [0.2, 0.25) is 0 Å². The number of nitrogens with one attached hydrogen (secondary N) is 2. The van der Waals surface area contributed by atoms with Gasteiger partial charge in [0.25, 0.3) is 0 Å². The molecule has 2 heterocycles. The Hall–Kier alpha value is -2.42. The zero-order valence-corrected chi connectivity index (χ0v) is 22.6. The minimum absolute atomic E-state index is 0.0678. The number of carbonyl (C=O) groups excluding carboxylic acids is 2. The van der Waals surface area contributed by atoms with E-state index in [0.29, 0.717) is 38.6 Å². The molecule has 1 aromatic carbocycles. The quantitative estimate of drug-likeness (QED) is 0.359. The molecule has 0 spiro atoms. The van der Waals surface area contributed by atoms with Crippen molar-refractivity contribution in [1.29, 1.82) is 0 Å². The van der Waals surface area contributed by atoms with Gasteiger partial charge < -0.3 is 29.9 Å². The highest BCUT2D eigenvalue weighted by atomic mass is 16.5. The average Bonchev–Trinajstić information content (AvgIpc) is 3.69. The van der Waals surface area contributed by atoms with Crippen LogP contribution in [0.25, 0.3) is 10.9 Å². The number of aryl methyl sites for hydroxylation is 1. The fourth-order valence-corrected chi connectivity index (χ4v) is 5.60. The Labute approximate surface area is 220 Å². The molecule has 3 atom stereocenters. The molecule has 1 saturated carbocycles. The first kappa shape index (κ1) is 27.6. The largest absolute Gasteiger partial charge is 0.394 e. The molecule has 2 fully saturated rings. The predicted octanol–water partition coefficient (Wildman–Crippen LogP) is 2.92. The summed E-state index contributed by atoms with van der Waals surface area (Å²) in [5, 5.41) is 17.2. The predicted molar refractivity (Wildman–Crippen MR) is 145 cm³/mol. The van der Waals surface area contributed by atoms with Gasteiger partial charge in [-0.25, -0.2) is 0 Å². The van der Waals surface area contributed by atoms with E-state index in [4.69, 9.17) is 4.74 Å². The van der Waals surface area contributed by atoms with Crippen molar-refractivity contribution in [1.82, 2.24) is 20.1 Å². The fraction of sp³-hybridized carbons (Fsp3) is 0.655. The van der Waals surface area contributed by atoms with Crippen molar-refractivity contribution in [2.45, 2.75) is 71.1 Å². The zero-order valence-electron chi connectivity index (χ0n) is 22.6. The highest BCUT2D eigenvalue weighted by molar-refractivity contribution is 5.86. The van der Waals surface area contributed by atoms with Gasteiger partial charge in [0.2, 0.25) is 11.8 Å². The van der Waals surface area contributed by atoms with Crippen molar-refractivity contribution >= 4 is 22.7 Å². The third kappa shape index (κ3) is 7.12. The molecule has 8 heteroatoms. The summed E-state index contributed by atoms with van der Waals surface area (Å²) in [5.74, 6) is -0.0359. The van der Waals surface area contributed by atoms with E-state index in [1.165, 1.54) is 16.5 Å². The first-order valence-corrected chi connectivity index (χ1v) is 13.9. The molecular weight excluding hydrogens is 468 g/mol. The van der Waals surface area contributed by atoms with E-state index >= 15 is 0 Å². The molecule has 1 aliphatic carbocycles. The Balaban J connectivity index is 1.45. The lowest BCUT2D eigenvalue weighted by molar-refractivity contribution is -0.139. The Morgan fingerprint density at radius 1 is 1.22 bits per heavy atom. The SMILES string of the molecule is COCCCn1cc(CN(C(=O)[C@H]2CNC[C@@H](C(=O)N[C@H](CO)CC(C)C)C2)C2CC2)c2ccccc21. The topological polar surface area (TPSA) is 95.8 Å². The number of amides is 2. The molecule has 204 valence electrons. The van der Waals surface area contributed by atoms with E-state index in [1.54, 1.807) is 7.11 Å². The number of benzene rings is 1. The number of aliphatic hydroxyl groups is 1. The minimum atomic E-state index is -0.271. The van der Waals surface area contributed by atoms with E-state index in [2.05, 4.69) is 64.4 Å². The number of fused-ring (bicyclic) bond motifs is 1. The first-order chi connectivity index (χ1) is 17.9. The van der Waals surface area contributed by atoms with Crippen LogP contribution >= 0.6 is 0 Å². The lowest BCUT2D eigenvalue weighted by Crippen LogP contribution is -2.51. The van der Waals surface area contributed by atoms with Gasteiger partial charge in [-0.15, -0.1) is 0 Å². The van der Waals surface area contributed by atoms with Gasteiger partial charge in [0.15, 0.2) is 0 Å². The summed E-state index contributed by atoms with van der Waals surface area (Å²) in [7, 11) is 1.73. The van der Waals surface area contributed by atoms with Gasteiger partial charge >= 0.3 is 0 Å². The third-order valence-corrected chi connectivity index (χ3v) is 7.62. The molecule has 2 aliphatic rings. The van der Waals surface area contributed by atoms with Crippen LogP contribution in [-0.2, 0) is 27.4 Å². The molecule has 0 radical (unpaired) electrons. The molecule has 2 aromatic rings. The maximum absolute atomic E-state index is 13.8. The molecule has 3 N–H and O–H groups in total. The normalized spacial score (nSPS) is 20.8. The van der Waals surface area contributed by atoms with Crippen LogP contribution in [0.4, 0.5) is 0 Å². The maximum Gasteiger partial charge on any atom is 0.227 e. The van der Waals surface area contributed by atoms with Gasteiger partial charge in [-0.3, -0.25) is 9.59 Å². The summed E-state index contributed by atoms with van der Waals surface area (Å²) in [6.45, 7) is 7.43. The number of aliphatic hydroxyl groups excluding tert-OH is 1. The molecule has 0 unspecified atom stereocenters. The average molecular weight is 513 g/mol. The van der Waals surface area contributed by atoms with Crippen molar-refractivity contribution in [2.75, 3.05) is 33.4 Å². The highest BCUT2D eigenvalue weighted by Crippen LogP contribution is 2.33. The molecule has 1 saturated heterocycles. The van der Waals surface area contributed by atoms with Crippen LogP contribution in [-0.4, -0.2) is 71.9 Å². The Bertz CT molecular complexity index is 1050. The van der Waals surface area contributed by atoms with Crippen LogP contribution in [0.15, 0.2) is 30.5 Å². The molecule has 8 nitrogen and oxygen atoms in total. The van der Waals surface area contributed by atoms with E-state index in [0.717, 1.165) is 32.2 Å². The van der Waals surface area contributed by atoms with E-state index in [1.807, 2.05) is 0 Å². The number of nitrogens with zero attached hydrogens (tertiary/aromatic N) is 2. The summed E-state index contributed by atoms with van der Waals surface area (Å²) in [5.41, 5.74) is 2.36. The summed E-state index contributed by atoms with van der Waals surface area (Å²) in [4.78, 5) is 28.9. The summed E-state index contributed by atoms with van der Waals surface area (Å²) in [6.07, 6.45) is 6.48. The lowest BCUT2D eigenvalue weighted by Gasteiger charge is -2.33. The van der Waals surface area contributed by atoms with Crippen LogP contribution in [0, 0.1) is 17.8 Å². The number of rotatable bonds is 13. The maximum atomic E-state index is 13.8. The minimum Gasteiger partial charge on any atom is -0.394 e. The van der Waals surface area contributed by atoms with Crippen molar-refractivity contribution in [3.63, 3.8) is 0 Å². The molecule has 1 aliphatic heterocycles. The van der Waals surface area contributed by atoms with Crippen LogP contribution < -0.4 is 10.6 Å². The van der Waals surface area contributed by atoms with Gasteiger partial charge in [0, 0.05) is 63.0 Å². The molecule has 4 rings (SSSR count). The Morgan fingerprint density at radius 2 is 1.97 bits per heavy atom. The van der Waals surface area contributed by atoms with E-state index in [-0.39, 0.29) is 42.3 Å². The van der Waals surface area contributed by atoms with Gasteiger partial charge in [-0.1, -0.05) is 32.0 Å². The number of carbonyl (C=O) groups is 2. The second-order valence-electron chi connectivity index (χ2n) is 11.2. The second-order valence-corrected chi connectivity index (χ2v) is 11.2. The van der Waals surface area contributed by atoms with E-state index in [9.17, 15) is 14.7 Å². The number of ether oxygens (including phenoxy) is 1. The third-order valence-electron chi connectivity index (χ3n) is 7.62. The van der Waals surface area contributed by atoms with Gasteiger partial charge in [0.1, 0.15) is 0 Å². The number of hydrogen-bond donors (Lipinski definition) is 3. The van der Waals surface area contributed by atoms with Gasteiger partial charge in [-0.2, -0.15) is 0 Å². The fourth-order valence-electron chi connectivity index (χ4n) is 5.60. The standard InChI is InChI=1S/C29H44N4O4/c1-20(2)13-24(19-34)31-28(35)21-14-22(16-30-15-21)29(36)33(25-9-10-25)18-23-17-32(11-6-12-37-3)27-8-5-4-7-26(23)27/h4-5,7-8,17,20-22,24-25,30,34H,6,9-16,18-19H2,1-3H3,(H,31,35)/t21-,22+,24-/m0/s1. The molecule has 0 bridgehead atoms. The Morgan fingerprint density at radius 3 is 2.68 bits per heavy atom. The van der Waals surface area contributed by atoms with Gasteiger partial charge in [-0.05, 0) is 49.7 Å². The van der Waals surface area contributed by atoms with Crippen LogP contribution in [0.5, 0.6) is 0 Å². The zero-order chi connectivity index (χ0) is 26.4. The number of hydrogen-bond acceptors (Lipinski definition) is 5. The number of aromatic nitrogens is 1. The summed E-state index contributed by atoms with van der Waals surface area (Å²) < 4.78 is 7.52. The monoisotopic (exact) mass is 512 g/mol. The number of methoxy groups -OCH3 is 1. The van der Waals surface area contributed by atoms with Gasteiger partial charge in [0.05, 0.1) is 24.5 Å². The summed E-state index contributed by atoms with van der Waals surface area (Å²) in [6, 6.07) is 8.44. The molecule has 2 amide bonds. The molecule has 37 heavy (non-hydrogen) atoms. The Kier molecular flexibility index (Phi) is 9.62. The van der Waals surface area contributed by atoms with Crippen molar-refractivity contribution in [3.8, 4) is 0 Å². The smallest absolute Gasteiger partial charge is 0.227 e. The van der Waals surface area contributed by atoms with Crippen molar-refractivity contribution in [3.05, 3.63) is 36.0 Å². The number of para-hydroxylation sites is 1. The summed E-state index contributed by atoms with van der Waals surface area (Å²) >= 11 is 0. The first-order valence-electron chi connectivity index (χ1n) is 13.9.